The Morgan fingerprint density at radius 3 is 2.80 bits per heavy atom. The maximum Gasteiger partial charge on any atom is 0.304 e. The molecule has 1 atom stereocenters. The van der Waals surface area contributed by atoms with Gasteiger partial charge in [-0.2, -0.15) is 0 Å². The zero-order valence-corrected chi connectivity index (χ0v) is 12.3. The first kappa shape index (κ1) is 14.9. The number of anilines is 1. The van der Waals surface area contributed by atoms with Crippen molar-refractivity contribution in [1.82, 2.24) is 0 Å². The minimum Gasteiger partial charge on any atom is -0.481 e. The van der Waals surface area contributed by atoms with Gasteiger partial charge in [0.05, 0.1) is 28.0 Å². The minimum absolute atomic E-state index is 0.0213. The molecule has 2 N–H and O–H groups in total. The third-order valence-corrected chi connectivity index (χ3v) is 5.72. The fourth-order valence-electron chi connectivity index (χ4n) is 1.72. The van der Waals surface area contributed by atoms with E-state index < -0.39 is 28.0 Å². The van der Waals surface area contributed by atoms with Crippen LogP contribution in [0.3, 0.4) is 0 Å². The van der Waals surface area contributed by atoms with Gasteiger partial charge in [0.1, 0.15) is 0 Å². The van der Waals surface area contributed by atoms with Gasteiger partial charge in [0.15, 0.2) is 9.84 Å². The van der Waals surface area contributed by atoms with Crippen LogP contribution < -0.4 is 5.32 Å². The summed E-state index contributed by atoms with van der Waals surface area (Å²) in [6, 6.07) is 4.44. The molecule has 0 bridgehead atoms. The number of thioether (sulfide) groups is 1. The van der Waals surface area contributed by atoms with Crippen molar-refractivity contribution in [3.05, 3.63) is 18.2 Å². The zero-order valence-electron chi connectivity index (χ0n) is 10.6. The number of hydrogen-bond acceptors (Lipinski definition) is 5. The van der Waals surface area contributed by atoms with Crippen LogP contribution in [0.25, 0.3) is 0 Å². The highest BCUT2D eigenvalue weighted by atomic mass is 32.2. The maximum absolute atomic E-state index is 12.0. The van der Waals surface area contributed by atoms with Crippen molar-refractivity contribution >= 4 is 39.2 Å². The fourth-order valence-corrected chi connectivity index (χ4v) is 3.90. The number of carbonyl (C=O) groups is 2. The van der Waals surface area contributed by atoms with Crippen LogP contribution in [-0.2, 0) is 19.4 Å². The summed E-state index contributed by atoms with van der Waals surface area (Å²) >= 11 is 1.36. The normalized spacial score (nSPS) is 18.2. The zero-order chi connectivity index (χ0) is 14.9. The SMILES string of the molecule is C[C@H]1Sc2ccc(S(=O)(=O)CCC(=O)O)cc2NC1=O. The van der Waals surface area contributed by atoms with Gasteiger partial charge in [-0.3, -0.25) is 9.59 Å². The number of carboxylic acids is 1. The molecule has 2 rings (SSSR count). The van der Waals surface area contributed by atoms with E-state index in [4.69, 9.17) is 5.11 Å². The van der Waals surface area contributed by atoms with Crippen LogP contribution in [0.1, 0.15) is 13.3 Å². The lowest BCUT2D eigenvalue weighted by Crippen LogP contribution is -2.26. The predicted molar refractivity (Wildman–Crippen MR) is 74.7 cm³/mol. The summed E-state index contributed by atoms with van der Waals surface area (Å²) < 4.78 is 24.0. The van der Waals surface area contributed by atoms with E-state index >= 15 is 0 Å². The predicted octanol–water partition coefficient (Wildman–Crippen LogP) is 1.37. The molecule has 0 aromatic heterocycles. The van der Waals surface area contributed by atoms with Crippen LogP contribution in [0, 0.1) is 0 Å². The lowest BCUT2D eigenvalue weighted by Gasteiger charge is -2.21. The van der Waals surface area contributed by atoms with Crippen LogP contribution in [0.4, 0.5) is 5.69 Å². The van der Waals surface area contributed by atoms with Gasteiger partial charge in [0, 0.05) is 4.90 Å². The van der Waals surface area contributed by atoms with Gasteiger partial charge in [-0.25, -0.2) is 8.42 Å². The van der Waals surface area contributed by atoms with Crippen LogP contribution in [-0.4, -0.2) is 36.4 Å². The third kappa shape index (κ3) is 3.13. The van der Waals surface area contributed by atoms with E-state index in [-0.39, 0.29) is 16.1 Å². The molecule has 1 aliphatic heterocycles. The van der Waals surface area contributed by atoms with Crippen LogP contribution in [0.5, 0.6) is 0 Å². The number of sulfone groups is 1. The maximum atomic E-state index is 12.0. The van der Waals surface area contributed by atoms with Crippen molar-refractivity contribution in [2.24, 2.45) is 0 Å². The van der Waals surface area contributed by atoms with Crippen molar-refractivity contribution in [3.8, 4) is 0 Å². The molecule has 0 unspecified atom stereocenters. The number of nitrogens with one attached hydrogen (secondary N) is 1. The molecule has 1 amide bonds. The van der Waals surface area contributed by atoms with Crippen molar-refractivity contribution in [3.63, 3.8) is 0 Å². The van der Waals surface area contributed by atoms with Crippen LogP contribution in [0.15, 0.2) is 28.0 Å². The molecule has 0 saturated carbocycles. The summed E-state index contributed by atoms with van der Waals surface area (Å²) in [4.78, 5) is 22.9. The van der Waals surface area contributed by atoms with Gasteiger partial charge in [-0.15, -0.1) is 11.8 Å². The number of aliphatic carboxylic acids is 1. The lowest BCUT2D eigenvalue weighted by atomic mass is 10.3. The summed E-state index contributed by atoms with van der Waals surface area (Å²) in [5.74, 6) is -1.80. The summed E-state index contributed by atoms with van der Waals surface area (Å²) in [7, 11) is -3.66. The standard InChI is InChI=1S/C12H13NO5S2/c1-7-12(16)13-9-6-8(2-3-10(9)19-7)20(17,18)5-4-11(14)15/h2-3,6-7H,4-5H2,1H3,(H,13,16)(H,14,15)/t7-/m1/s1. The molecule has 0 radical (unpaired) electrons. The minimum atomic E-state index is -3.66. The number of hydrogen-bond donors (Lipinski definition) is 2. The molecule has 0 spiro atoms. The van der Waals surface area contributed by atoms with Gasteiger partial charge >= 0.3 is 5.97 Å². The second kappa shape index (κ2) is 5.45. The highest BCUT2D eigenvalue weighted by Crippen LogP contribution is 2.36. The first-order valence-corrected chi connectivity index (χ1v) is 8.39. The molecule has 0 fully saturated rings. The highest BCUT2D eigenvalue weighted by molar-refractivity contribution is 8.01. The van der Waals surface area contributed by atoms with Gasteiger partial charge in [-0.1, -0.05) is 0 Å². The Morgan fingerprint density at radius 2 is 2.15 bits per heavy atom. The first-order chi connectivity index (χ1) is 9.29. The largest absolute Gasteiger partial charge is 0.481 e. The first-order valence-electron chi connectivity index (χ1n) is 5.86. The molecular formula is C12H13NO5S2. The second-order valence-corrected chi connectivity index (χ2v) is 7.86. The summed E-state index contributed by atoms with van der Waals surface area (Å²) in [5.41, 5.74) is 0.453. The van der Waals surface area contributed by atoms with Gasteiger partial charge in [0.2, 0.25) is 5.91 Å². The molecule has 6 nitrogen and oxygen atoms in total. The fraction of sp³-hybridized carbons (Fsp3) is 0.333. The Hall–Kier alpha value is -1.54. The van der Waals surface area contributed by atoms with Gasteiger partial charge in [0.25, 0.3) is 0 Å². The summed E-state index contributed by atoms with van der Waals surface area (Å²) in [6.07, 6.45) is -0.447. The Balaban J connectivity index is 2.29. The number of amides is 1. The number of fused-ring (bicyclic) bond motifs is 1. The Kier molecular flexibility index (Phi) is 4.05. The number of carbonyl (C=O) groups excluding carboxylic acids is 1. The molecule has 1 aromatic rings. The number of rotatable bonds is 4. The Labute approximate surface area is 120 Å². The lowest BCUT2D eigenvalue weighted by molar-refractivity contribution is -0.136. The molecule has 1 heterocycles. The third-order valence-electron chi connectivity index (χ3n) is 2.83. The summed E-state index contributed by atoms with van der Waals surface area (Å²) in [6.45, 7) is 1.76. The van der Waals surface area contributed by atoms with Crippen LogP contribution in [0.2, 0.25) is 0 Å². The van der Waals surface area contributed by atoms with Crippen molar-refractivity contribution in [1.29, 1.82) is 0 Å². The smallest absolute Gasteiger partial charge is 0.304 e. The molecule has 0 aliphatic carbocycles. The van der Waals surface area contributed by atoms with E-state index in [2.05, 4.69) is 5.32 Å². The molecule has 1 aromatic carbocycles. The van der Waals surface area contributed by atoms with E-state index in [0.29, 0.717) is 5.69 Å². The van der Waals surface area contributed by atoms with Crippen molar-refractivity contribution in [2.45, 2.75) is 28.4 Å². The van der Waals surface area contributed by atoms with Gasteiger partial charge < -0.3 is 10.4 Å². The molecule has 0 saturated heterocycles. The highest BCUT2D eigenvalue weighted by Gasteiger charge is 2.25. The molecule has 20 heavy (non-hydrogen) atoms. The molecule has 8 heteroatoms. The average Bonchev–Trinajstić information content (AvgIpc) is 2.37. The molecule has 1 aliphatic rings. The topological polar surface area (TPSA) is 101 Å². The van der Waals surface area contributed by atoms with E-state index in [1.165, 1.54) is 23.9 Å². The van der Waals surface area contributed by atoms with E-state index in [1.54, 1.807) is 13.0 Å². The Bertz CT molecular complexity index is 668. The molecule has 108 valence electrons. The van der Waals surface area contributed by atoms with E-state index in [9.17, 15) is 18.0 Å². The van der Waals surface area contributed by atoms with Crippen LogP contribution >= 0.6 is 11.8 Å². The molecular weight excluding hydrogens is 302 g/mol. The van der Waals surface area contributed by atoms with Crippen molar-refractivity contribution < 1.29 is 23.1 Å². The van der Waals surface area contributed by atoms with Gasteiger partial charge in [-0.05, 0) is 25.1 Å². The quantitative estimate of drug-likeness (QED) is 0.870. The van der Waals surface area contributed by atoms with E-state index in [0.717, 1.165) is 4.90 Å². The van der Waals surface area contributed by atoms with Crippen molar-refractivity contribution in [2.75, 3.05) is 11.1 Å². The second-order valence-electron chi connectivity index (χ2n) is 4.37. The average molecular weight is 315 g/mol. The number of benzene rings is 1. The Morgan fingerprint density at radius 1 is 1.45 bits per heavy atom. The van der Waals surface area contributed by atoms with E-state index in [1.807, 2.05) is 0 Å². The monoisotopic (exact) mass is 315 g/mol. The number of carboxylic acid groups (broad SMARTS) is 1. The summed E-state index contributed by atoms with van der Waals surface area (Å²) in [5, 5.41) is 11.0.